The summed E-state index contributed by atoms with van der Waals surface area (Å²) >= 11 is 0. The first-order chi connectivity index (χ1) is 21.0. The van der Waals surface area contributed by atoms with E-state index in [0.717, 1.165) is 23.3 Å². The Hall–Kier alpha value is -5.48. The quantitative estimate of drug-likeness (QED) is 0.119. The number of fused-ring (bicyclic) bond motifs is 7. The van der Waals surface area contributed by atoms with E-state index in [4.69, 9.17) is 9.47 Å². The molecular weight excluding hydrogens is 532 g/mol. The Morgan fingerprint density at radius 1 is 0.674 bits per heavy atom. The van der Waals surface area contributed by atoms with Gasteiger partial charge in [0.1, 0.15) is 11.5 Å². The number of esters is 2. The molecule has 7 rings (SSSR count). The first-order valence-electron chi connectivity index (χ1n) is 14.2. The topological polar surface area (TPSA) is 52.6 Å². The molecule has 0 amide bonds. The van der Waals surface area contributed by atoms with Crippen LogP contribution in [-0.2, 0) is 15.0 Å². The second-order valence-electron chi connectivity index (χ2n) is 10.8. The van der Waals surface area contributed by atoms with Gasteiger partial charge in [0.15, 0.2) is 0 Å². The van der Waals surface area contributed by atoms with Gasteiger partial charge in [-0.15, -0.1) is 0 Å². The van der Waals surface area contributed by atoms with E-state index in [0.29, 0.717) is 11.5 Å². The van der Waals surface area contributed by atoms with Gasteiger partial charge in [-0.25, -0.2) is 9.59 Å². The number of ether oxygens (including phenoxy) is 2. The first kappa shape index (κ1) is 26.4. The predicted molar refractivity (Wildman–Crippen MR) is 169 cm³/mol. The Morgan fingerprint density at radius 3 is 1.88 bits per heavy atom. The molecule has 0 saturated carbocycles. The molecule has 4 heteroatoms. The molecule has 0 saturated heterocycles. The van der Waals surface area contributed by atoms with Gasteiger partial charge in [0.05, 0.1) is 5.41 Å². The average Bonchev–Trinajstić information content (AvgIpc) is 3.37. The first-order valence-corrected chi connectivity index (χ1v) is 14.2. The number of benzene rings is 5. The van der Waals surface area contributed by atoms with Crippen LogP contribution in [0.1, 0.15) is 39.3 Å². The normalized spacial score (nSPS) is 17.3. The van der Waals surface area contributed by atoms with Crippen LogP contribution in [0.3, 0.4) is 0 Å². The van der Waals surface area contributed by atoms with Crippen LogP contribution >= 0.6 is 0 Å². The van der Waals surface area contributed by atoms with E-state index in [2.05, 4.69) is 86.0 Å². The van der Waals surface area contributed by atoms with E-state index >= 15 is 0 Å². The van der Waals surface area contributed by atoms with E-state index in [1.165, 1.54) is 33.0 Å². The lowest BCUT2D eigenvalue weighted by Crippen LogP contribution is -2.35. The van der Waals surface area contributed by atoms with Crippen LogP contribution < -0.4 is 9.47 Å². The molecule has 0 aliphatic heterocycles. The maximum absolute atomic E-state index is 11.9. The Balaban J connectivity index is 1.52. The zero-order valence-corrected chi connectivity index (χ0v) is 23.4. The van der Waals surface area contributed by atoms with Crippen molar-refractivity contribution in [2.75, 3.05) is 0 Å². The van der Waals surface area contributed by atoms with E-state index in [1.54, 1.807) is 0 Å². The number of hydrogen-bond acceptors (Lipinski definition) is 4. The summed E-state index contributed by atoms with van der Waals surface area (Å²) in [6, 6.07) is 37.2. The Labute approximate surface area is 250 Å². The van der Waals surface area contributed by atoms with E-state index in [9.17, 15) is 9.59 Å². The monoisotopic (exact) mass is 560 g/mol. The van der Waals surface area contributed by atoms with E-state index in [1.807, 2.05) is 48.5 Å². The summed E-state index contributed by atoms with van der Waals surface area (Å²) < 4.78 is 10.9. The molecule has 0 fully saturated rings. The molecular formula is C39H28O4. The third kappa shape index (κ3) is 4.14. The zero-order valence-electron chi connectivity index (χ0n) is 23.4. The van der Waals surface area contributed by atoms with Crippen molar-refractivity contribution in [3.8, 4) is 11.5 Å². The summed E-state index contributed by atoms with van der Waals surface area (Å²) in [5, 5.41) is 2.43. The van der Waals surface area contributed by atoms with E-state index in [-0.39, 0.29) is 11.8 Å². The number of hydrogen-bond donors (Lipinski definition) is 0. The molecule has 4 nitrogen and oxygen atoms in total. The standard InChI is InChI=1S/C39H28O4/c1-3-35(40)42-29-19-15-27(16-20-29)39(28-17-21-30(22-18-28)43-36(41)4-2)33-23-13-25-9-5-7-11-31(25)37(33)38-32-12-8-6-10-26(32)14-24-34(38)39/h3-24,33,37H,1-2H2. The second-order valence-corrected chi connectivity index (χ2v) is 10.8. The summed E-state index contributed by atoms with van der Waals surface area (Å²) in [6.07, 6.45) is 6.89. The van der Waals surface area contributed by atoms with Crippen LogP contribution in [0.5, 0.6) is 11.5 Å². The summed E-state index contributed by atoms with van der Waals surface area (Å²) in [4.78, 5) is 23.9. The van der Waals surface area contributed by atoms with Crippen LogP contribution in [0, 0.1) is 5.92 Å². The SMILES string of the molecule is C=CC(=O)Oc1ccc(C2(c3ccc(OC(=O)C=C)cc3)c3ccc4ccccc4c3C3c4ccccc4C=CC32)cc1. The lowest BCUT2D eigenvalue weighted by atomic mass is 9.62. The van der Waals surface area contributed by atoms with Crippen molar-refractivity contribution >= 4 is 28.8 Å². The van der Waals surface area contributed by atoms with Crippen molar-refractivity contribution in [2.45, 2.75) is 11.3 Å². The fourth-order valence-electron chi connectivity index (χ4n) is 7.09. The molecule has 0 spiro atoms. The van der Waals surface area contributed by atoms with Crippen LogP contribution in [0.4, 0.5) is 0 Å². The number of carbonyl (C=O) groups is 2. The average molecular weight is 561 g/mol. The Kier molecular flexibility index (Phi) is 6.40. The highest BCUT2D eigenvalue weighted by atomic mass is 16.5. The van der Waals surface area contributed by atoms with Crippen LogP contribution in [0.2, 0.25) is 0 Å². The zero-order chi connectivity index (χ0) is 29.6. The molecule has 5 aromatic rings. The third-order valence-electron chi connectivity index (χ3n) is 8.77. The summed E-state index contributed by atoms with van der Waals surface area (Å²) in [5.41, 5.74) is 6.57. The minimum atomic E-state index is -0.601. The minimum Gasteiger partial charge on any atom is -0.423 e. The summed E-state index contributed by atoms with van der Waals surface area (Å²) in [6.45, 7) is 7.03. The molecule has 43 heavy (non-hydrogen) atoms. The highest BCUT2D eigenvalue weighted by Gasteiger charge is 2.55. The van der Waals surface area contributed by atoms with Crippen LogP contribution in [0.15, 0.2) is 141 Å². The van der Waals surface area contributed by atoms with Gasteiger partial charge in [0, 0.05) is 24.0 Å². The van der Waals surface area contributed by atoms with Crippen molar-refractivity contribution in [3.63, 3.8) is 0 Å². The van der Waals surface area contributed by atoms with Crippen molar-refractivity contribution in [1.29, 1.82) is 0 Å². The van der Waals surface area contributed by atoms with Crippen molar-refractivity contribution in [2.24, 2.45) is 5.92 Å². The number of allylic oxidation sites excluding steroid dienone is 1. The maximum Gasteiger partial charge on any atom is 0.335 e. The fraction of sp³-hybridized carbons (Fsp3) is 0.0769. The highest BCUT2D eigenvalue weighted by molar-refractivity contribution is 5.91. The fourth-order valence-corrected chi connectivity index (χ4v) is 7.09. The molecule has 0 radical (unpaired) electrons. The van der Waals surface area contributed by atoms with Gasteiger partial charge in [0.2, 0.25) is 0 Å². The van der Waals surface area contributed by atoms with Gasteiger partial charge in [0.25, 0.3) is 0 Å². The molecule has 0 heterocycles. The molecule has 0 bridgehead atoms. The molecule has 2 aliphatic rings. The molecule has 2 unspecified atom stereocenters. The second kappa shape index (κ2) is 10.4. The minimum absolute atomic E-state index is 0.0337. The van der Waals surface area contributed by atoms with Crippen molar-refractivity contribution in [3.05, 3.63) is 174 Å². The largest absolute Gasteiger partial charge is 0.423 e. The predicted octanol–water partition coefficient (Wildman–Crippen LogP) is 8.15. The summed E-state index contributed by atoms with van der Waals surface area (Å²) in [7, 11) is 0. The maximum atomic E-state index is 11.9. The number of carbonyl (C=O) groups excluding carboxylic acids is 2. The van der Waals surface area contributed by atoms with Crippen molar-refractivity contribution in [1.82, 2.24) is 0 Å². The molecule has 0 N–H and O–H groups in total. The van der Waals surface area contributed by atoms with Gasteiger partial charge in [-0.3, -0.25) is 0 Å². The molecule has 2 aliphatic carbocycles. The smallest absolute Gasteiger partial charge is 0.335 e. The lowest BCUT2D eigenvalue weighted by molar-refractivity contribution is -0.129. The van der Waals surface area contributed by atoms with Gasteiger partial charge in [-0.1, -0.05) is 110 Å². The van der Waals surface area contributed by atoms with Gasteiger partial charge < -0.3 is 9.47 Å². The lowest BCUT2D eigenvalue weighted by Gasteiger charge is -2.40. The van der Waals surface area contributed by atoms with E-state index < -0.39 is 17.4 Å². The van der Waals surface area contributed by atoms with Gasteiger partial charge in [-0.2, -0.15) is 0 Å². The molecule has 0 aromatic heterocycles. The molecule has 2 atom stereocenters. The van der Waals surface area contributed by atoms with Gasteiger partial charge >= 0.3 is 11.9 Å². The molecule has 5 aromatic carbocycles. The van der Waals surface area contributed by atoms with Crippen LogP contribution in [0.25, 0.3) is 16.8 Å². The Morgan fingerprint density at radius 2 is 1.26 bits per heavy atom. The van der Waals surface area contributed by atoms with Crippen molar-refractivity contribution < 1.29 is 19.1 Å². The Bertz CT molecular complexity index is 1880. The molecule has 208 valence electrons. The highest BCUT2D eigenvalue weighted by Crippen LogP contribution is 2.63. The third-order valence-corrected chi connectivity index (χ3v) is 8.77. The summed E-state index contributed by atoms with van der Waals surface area (Å²) in [5.74, 6) is 0.0279. The number of rotatable bonds is 6. The van der Waals surface area contributed by atoms with Crippen LogP contribution in [-0.4, -0.2) is 11.9 Å². The van der Waals surface area contributed by atoms with Gasteiger partial charge in [-0.05, 0) is 68.4 Å².